The lowest BCUT2D eigenvalue weighted by Crippen LogP contribution is -2.31. The lowest BCUT2D eigenvalue weighted by molar-refractivity contribution is -0.148. The monoisotopic (exact) mass is 299 g/mol. The van der Waals surface area contributed by atoms with Crippen molar-refractivity contribution in [3.8, 4) is 0 Å². The first-order valence-electron chi connectivity index (χ1n) is 7.82. The van der Waals surface area contributed by atoms with Gasteiger partial charge in [0.05, 0.1) is 18.1 Å². The van der Waals surface area contributed by atoms with Crippen LogP contribution in [-0.4, -0.2) is 29.9 Å². The van der Waals surface area contributed by atoms with Gasteiger partial charge in [0.15, 0.2) is 0 Å². The highest BCUT2D eigenvalue weighted by atomic mass is 16.5. The number of ether oxygens (including phenoxy) is 1. The minimum absolute atomic E-state index is 0.000413. The highest BCUT2D eigenvalue weighted by molar-refractivity contribution is 5.95. The Morgan fingerprint density at radius 3 is 2.59 bits per heavy atom. The van der Waals surface area contributed by atoms with Gasteiger partial charge in [-0.2, -0.15) is 0 Å². The molecule has 1 amide bonds. The number of nitrogens with zero attached hydrogens (tertiary/aromatic N) is 1. The van der Waals surface area contributed by atoms with Crippen LogP contribution < -0.4 is 0 Å². The van der Waals surface area contributed by atoms with Crippen molar-refractivity contribution in [2.45, 2.75) is 32.7 Å². The molecule has 1 fully saturated rings. The number of amides is 1. The van der Waals surface area contributed by atoms with E-state index in [2.05, 4.69) is 0 Å². The minimum atomic E-state index is -0.531. The van der Waals surface area contributed by atoms with Crippen LogP contribution in [0.25, 0.3) is 0 Å². The number of carbonyl (C=O) groups is 2. The summed E-state index contributed by atoms with van der Waals surface area (Å²) in [6, 6.07) is 9.96. The molecule has 1 atom stereocenters. The molecule has 1 aromatic carbocycles. The molecule has 0 spiro atoms. The first-order chi connectivity index (χ1) is 10.6. The van der Waals surface area contributed by atoms with E-state index in [-0.39, 0.29) is 17.9 Å². The van der Waals surface area contributed by atoms with E-state index in [0.717, 1.165) is 24.0 Å². The summed E-state index contributed by atoms with van der Waals surface area (Å²) in [4.78, 5) is 26.3. The number of rotatable bonds is 5. The molecule has 0 saturated heterocycles. The topological polar surface area (TPSA) is 46.6 Å². The van der Waals surface area contributed by atoms with Gasteiger partial charge in [-0.15, -0.1) is 0 Å². The van der Waals surface area contributed by atoms with E-state index in [1.165, 1.54) is 0 Å². The number of carbonyl (C=O) groups excluding carboxylic acids is 2. The average molecular weight is 299 g/mol. The van der Waals surface area contributed by atoms with Crippen molar-refractivity contribution >= 4 is 11.9 Å². The standard InChI is InChI=1S/C18H21NO3/c1-3-22-17(21)18(9-10-18)15-11-16(20)19(12-15)13(2)14-7-5-4-6-8-14/h4-8,11,13H,3,9-10,12H2,1-2H3. The number of hydrogen-bond acceptors (Lipinski definition) is 3. The molecule has 1 heterocycles. The van der Waals surface area contributed by atoms with Gasteiger partial charge in [-0.3, -0.25) is 9.59 Å². The molecule has 0 aromatic heterocycles. The van der Waals surface area contributed by atoms with E-state index in [1.54, 1.807) is 6.08 Å². The van der Waals surface area contributed by atoms with Crippen LogP contribution in [0.1, 0.15) is 38.3 Å². The molecule has 1 aliphatic heterocycles. The summed E-state index contributed by atoms with van der Waals surface area (Å²) in [5.41, 5.74) is 1.49. The smallest absolute Gasteiger partial charge is 0.316 e. The van der Waals surface area contributed by atoms with Crippen LogP contribution in [0.4, 0.5) is 0 Å². The highest BCUT2D eigenvalue weighted by Gasteiger charge is 2.56. The van der Waals surface area contributed by atoms with E-state index in [0.29, 0.717) is 13.2 Å². The van der Waals surface area contributed by atoms with Gasteiger partial charge in [-0.05, 0) is 37.8 Å². The Balaban J connectivity index is 1.76. The van der Waals surface area contributed by atoms with Gasteiger partial charge in [-0.1, -0.05) is 30.3 Å². The Morgan fingerprint density at radius 1 is 1.32 bits per heavy atom. The SMILES string of the molecule is CCOC(=O)C1(C2=CC(=O)N(C(C)c3ccccc3)C2)CC1. The van der Waals surface area contributed by atoms with Crippen LogP contribution in [0.5, 0.6) is 0 Å². The van der Waals surface area contributed by atoms with Crippen LogP contribution in [0, 0.1) is 5.41 Å². The molecule has 22 heavy (non-hydrogen) atoms. The molecule has 0 radical (unpaired) electrons. The molecule has 0 bridgehead atoms. The quantitative estimate of drug-likeness (QED) is 0.785. The van der Waals surface area contributed by atoms with Gasteiger partial charge in [0.2, 0.25) is 5.91 Å². The number of esters is 1. The van der Waals surface area contributed by atoms with Crippen molar-refractivity contribution in [3.05, 3.63) is 47.5 Å². The van der Waals surface area contributed by atoms with Crippen LogP contribution in [-0.2, 0) is 14.3 Å². The van der Waals surface area contributed by atoms with Crippen molar-refractivity contribution in [1.82, 2.24) is 4.90 Å². The van der Waals surface area contributed by atoms with Crippen LogP contribution in [0.2, 0.25) is 0 Å². The fraction of sp³-hybridized carbons (Fsp3) is 0.444. The van der Waals surface area contributed by atoms with Gasteiger partial charge in [-0.25, -0.2) is 0 Å². The lowest BCUT2D eigenvalue weighted by atomic mass is 9.96. The Kier molecular flexibility index (Phi) is 3.77. The van der Waals surface area contributed by atoms with Gasteiger partial charge in [0, 0.05) is 12.6 Å². The maximum absolute atomic E-state index is 12.4. The molecule has 2 aliphatic rings. The highest BCUT2D eigenvalue weighted by Crippen LogP contribution is 2.54. The lowest BCUT2D eigenvalue weighted by Gasteiger charge is -2.26. The van der Waals surface area contributed by atoms with Crippen LogP contribution >= 0.6 is 0 Å². The average Bonchev–Trinajstić information content (AvgIpc) is 3.25. The zero-order valence-corrected chi connectivity index (χ0v) is 13.0. The zero-order valence-electron chi connectivity index (χ0n) is 13.0. The fourth-order valence-corrected chi connectivity index (χ4v) is 3.12. The molecule has 3 rings (SSSR count). The second kappa shape index (κ2) is 5.59. The molecule has 116 valence electrons. The summed E-state index contributed by atoms with van der Waals surface area (Å²) < 4.78 is 5.19. The second-order valence-corrected chi connectivity index (χ2v) is 6.02. The molecule has 1 aliphatic carbocycles. The third kappa shape index (κ3) is 2.43. The van der Waals surface area contributed by atoms with E-state index >= 15 is 0 Å². The Labute approximate surface area is 130 Å². The van der Waals surface area contributed by atoms with Crippen molar-refractivity contribution in [3.63, 3.8) is 0 Å². The van der Waals surface area contributed by atoms with Crippen molar-refractivity contribution < 1.29 is 14.3 Å². The Bertz CT molecular complexity index is 616. The molecule has 1 unspecified atom stereocenters. The molecule has 1 saturated carbocycles. The third-order valence-electron chi connectivity index (χ3n) is 4.70. The molecular weight excluding hydrogens is 278 g/mol. The summed E-state index contributed by atoms with van der Waals surface area (Å²) in [6.07, 6.45) is 3.22. The molecule has 1 aromatic rings. The molecule has 4 heteroatoms. The number of hydrogen-bond donors (Lipinski definition) is 0. The van der Waals surface area contributed by atoms with Crippen molar-refractivity contribution in [1.29, 1.82) is 0 Å². The summed E-state index contributed by atoms with van der Waals surface area (Å²) in [6.45, 7) is 4.74. The molecule has 4 nitrogen and oxygen atoms in total. The van der Waals surface area contributed by atoms with Crippen molar-refractivity contribution in [2.24, 2.45) is 5.41 Å². The largest absolute Gasteiger partial charge is 0.465 e. The molecule has 0 N–H and O–H groups in total. The maximum Gasteiger partial charge on any atom is 0.316 e. The maximum atomic E-state index is 12.4. The van der Waals surface area contributed by atoms with Gasteiger partial charge < -0.3 is 9.64 Å². The summed E-state index contributed by atoms with van der Waals surface area (Å²) in [5, 5.41) is 0. The van der Waals surface area contributed by atoms with Gasteiger partial charge in [0.1, 0.15) is 0 Å². The second-order valence-electron chi connectivity index (χ2n) is 6.02. The molecular formula is C18H21NO3. The van der Waals surface area contributed by atoms with Crippen molar-refractivity contribution in [2.75, 3.05) is 13.2 Å². The Hall–Kier alpha value is -2.10. The summed E-state index contributed by atoms with van der Waals surface area (Å²) in [5.74, 6) is -0.190. The fourth-order valence-electron chi connectivity index (χ4n) is 3.12. The summed E-state index contributed by atoms with van der Waals surface area (Å²) >= 11 is 0. The first-order valence-corrected chi connectivity index (χ1v) is 7.82. The third-order valence-corrected chi connectivity index (χ3v) is 4.70. The predicted octanol–water partition coefficient (Wildman–Crippen LogP) is 2.86. The van der Waals surface area contributed by atoms with E-state index in [4.69, 9.17) is 4.74 Å². The number of benzene rings is 1. The van der Waals surface area contributed by atoms with E-state index in [1.807, 2.05) is 49.1 Å². The Morgan fingerprint density at radius 2 is 2.00 bits per heavy atom. The van der Waals surface area contributed by atoms with Crippen LogP contribution in [0.3, 0.4) is 0 Å². The predicted molar refractivity (Wildman–Crippen MR) is 83.0 cm³/mol. The normalized spacial score (nSPS) is 20.5. The van der Waals surface area contributed by atoms with E-state index in [9.17, 15) is 9.59 Å². The van der Waals surface area contributed by atoms with Gasteiger partial charge >= 0.3 is 5.97 Å². The van der Waals surface area contributed by atoms with Crippen LogP contribution in [0.15, 0.2) is 42.0 Å². The summed E-state index contributed by atoms with van der Waals surface area (Å²) in [7, 11) is 0. The van der Waals surface area contributed by atoms with E-state index < -0.39 is 5.41 Å². The zero-order chi connectivity index (χ0) is 15.7. The first kappa shape index (κ1) is 14.8. The minimum Gasteiger partial charge on any atom is -0.465 e. The van der Waals surface area contributed by atoms with Gasteiger partial charge in [0.25, 0.3) is 0 Å².